The van der Waals surface area contributed by atoms with E-state index in [1.54, 1.807) is 6.07 Å². The van der Waals surface area contributed by atoms with E-state index >= 15 is 0 Å². The Morgan fingerprint density at radius 2 is 2.33 bits per heavy atom. The zero-order chi connectivity index (χ0) is 11.3. The quantitative estimate of drug-likeness (QED) is 0.753. The van der Waals surface area contributed by atoms with Crippen molar-refractivity contribution in [2.45, 2.75) is 26.3 Å². The maximum atomic E-state index is 12.7. The Morgan fingerprint density at radius 3 is 2.80 bits per heavy atom. The first-order valence-corrected chi connectivity index (χ1v) is 5.15. The molecule has 1 rings (SSSR count). The summed E-state index contributed by atoms with van der Waals surface area (Å²) >= 11 is 0. The van der Waals surface area contributed by atoms with Crippen LogP contribution >= 0.6 is 0 Å². The van der Waals surface area contributed by atoms with E-state index < -0.39 is 0 Å². The average Bonchev–Trinajstić information content (AvgIpc) is 2.21. The molecule has 0 radical (unpaired) electrons. The first-order valence-electron chi connectivity index (χ1n) is 5.15. The molecule has 2 nitrogen and oxygen atoms in total. The summed E-state index contributed by atoms with van der Waals surface area (Å²) in [7, 11) is 0. The minimum absolute atomic E-state index is 0.0190. The fourth-order valence-electron chi connectivity index (χ4n) is 1.38. The van der Waals surface area contributed by atoms with Crippen LogP contribution in [0.1, 0.15) is 32.0 Å². The molecule has 0 amide bonds. The lowest BCUT2D eigenvalue weighted by Crippen LogP contribution is -2.23. The number of hydrogen-bond donors (Lipinski definition) is 1. The van der Waals surface area contributed by atoms with Crippen molar-refractivity contribution in [3.63, 3.8) is 0 Å². The van der Waals surface area contributed by atoms with E-state index in [4.69, 9.17) is 0 Å². The Morgan fingerprint density at radius 1 is 1.60 bits per heavy atom. The van der Waals surface area contributed by atoms with Crippen molar-refractivity contribution in [3.05, 3.63) is 42.0 Å². The second-order valence-electron chi connectivity index (χ2n) is 3.63. The van der Waals surface area contributed by atoms with E-state index in [9.17, 15) is 4.39 Å². The number of aromatic nitrogens is 1. The third-order valence-corrected chi connectivity index (χ3v) is 2.14. The van der Waals surface area contributed by atoms with Crippen LogP contribution in [0.25, 0.3) is 0 Å². The normalized spacial score (nSPS) is 12.5. The first kappa shape index (κ1) is 11.9. The van der Waals surface area contributed by atoms with Gasteiger partial charge in [-0.1, -0.05) is 19.1 Å². The molecule has 0 bridgehead atoms. The van der Waals surface area contributed by atoms with E-state index in [1.165, 1.54) is 12.3 Å². The van der Waals surface area contributed by atoms with E-state index in [2.05, 4.69) is 23.8 Å². The Hall–Kier alpha value is -1.22. The summed E-state index contributed by atoms with van der Waals surface area (Å²) in [4.78, 5) is 4.05. The summed E-state index contributed by atoms with van der Waals surface area (Å²) in [5.41, 5.74) is 1.81. The molecule has 1 unspecified atom stereocenters. The molecule has 15 heavy (non-hydrogen) atoms. The molecule has 0 fully saturated rings. The molecule has 0 aromatic carbocycles. The maximum Gasteiger partial charge on any atom is 0.141 e. The number of rotatable bonds is 5. The van der Waals surface area contributed by atoms with Gasteiger partial charge < -0.3 is 5.32 Å². The summed E-state index contributed by atoms with van der Waals surface area (Å²) in [6.45, 7) is 8.85. The minimum Gasteiger partial charge on any atom is -0.305 e. The van der Waals surface area contributed by atoms with Crippen molar-refractivity contribution in [1.82, 2.24) is 10.3 Å². The van der Waals surface area contributed by atoms with E-state index in [1.807, 2.05) is 6.92 Å². The molecular formula is C12H17FN2. The Balaban J connectivity index is 2.79. The largest absolute Gasteiger partial charge is 0.305 e. The smallest absolute Gasteiger partial charge is 0.141 e. The molecule has 0 saturated carbocycles. The van der Waals surface area contributed by atoms with Gasteiger partial charge in [-0.3, -0.25) is 4.98 Å². The van der Waals surface area contributed by atoms with Crippen molar-refractivity contribution in [2.75, 3.05) is 6.54 Å². The molecule has 0 aliphatic carbocycles. The van der Waals surface area contributed by atoms with Crippen LogP contribution in [0.15, 0.2) is 30.5 Å². The Bertz CT molecular complexity index is 319. The fourth-order valence-corrected chi connectivity index (χ4v) is 1.38. The fraction of sp³-hybridized carbons (Fsp3) is 0.417. The highest BCUT2D eigenvalue weighted by molar-refractivity contribution is 5.19. The predicted octanol–water partition coefficient (Wildman–Crippen LogP) is 2.84. The molecule has 3 heteroatoms. The number of halogens is 1. The van der Waals surface area contributed by atoms with Crippen LogP contribution in [0, 0.1) is 5.82 Å². The number of nitrogens with zero attached hydrogens (tertiary/aromatic N) is 1. The summed E-state index contributed by atoms with van der Waals surface area (Å²) in [6, 6.07) is 3.13. The molecule has 1 aromatic rings. The average molecular weight is 208 g/mol. The molecule has 1 atom stereocenters. The van der Waals surface area contributed by atoms with Crippen molar-refractivity contribution in [3.8, 4) is 0 Å². The third-order valence-electron chi connectivity index (χ3n) is 2.14. The summed E-state index contributed by atoms with van der Waals surface area (Å²) < 4.78 is 12.7. The lowest BCUT2D eigenvalue weighted by molar-refractivity contribution is 0.570. The van der Waals surface area contributed by atoms with Gasteiger partial charge >= 0.3 is 0 Å². The van der Waals surface area contributed by atoms with Gasteiger partial charge in [-0.25, -0.2) is 4.39 Å². The van der Waals surface area contributed by atoms with Crippen molar-refractivity contribution < 1.29 is 4.39 Å². The van der Waals surface area contributed by atoms with Crippen LogP contribution in [0.4, 0.5) is 4.39 Å². The number of hydrogen-bond acceptors (Lipinski definition) is 2. The summed E-state index contributed by atoms with van der Waals surface area (Å²) in [5.74, 6) is -0.310. The highest BCUT2D eigenvalue weighted by Crippen LogP contribution is 2.17. The lowest BCUT2D eigenvalue weighted by Gasteiger charge is -2.17. The molecule has 0 aliphatic heterocycles. The molecule has 0 aliphatic rings. The molecule has 1 N–H and O–H groups in total. The number of nitrogens with one attached hydrogen (secondary N) is 1. The van der Waals surface area contributed by atoms with Gasteiger partial charge in [-0.15, -0.1) is 0 Å². The third kappa shape index (κ3) is 3.44. The van der Waals surface area contributed by atoms with Gasteiger partial charge in [0.05, 0.1) is 17.9 Å². The van der Waals surface area contributed by atoms with Gasteiger partial charge in [0.25, 0.3) is 0 Å². The molecular weight excluding hydrogens is 191 g/mol. The van der Waals surface area contributed by atoms with Gasteiger partial charge in [-0.05, 0) is 32.0 Å². The van der Waals surface area contributed by atoms with Crippen LogP contribution in [0.5, 0.6) is 0 Å². The second kappa shape index (κ2) is 5.61. The van der Waals surface area contributed by atoms with Crippen LogP contribution in [-0.4, -0.2) is 11.5 Å². The monoisotopic (exact) mass is 208 g/mol. The number of pyridine rings is 1. The second-order valence-corrected chi connectivity index (χ2v) is 3.63. The zero-order valence-electron chi connectivity index (χ0n) is 9.26. The summed E-state index contributed by atoms with van der Waals surface area (Å²) in [5, 5.41) is 3.32. The van der Waals surface area contributed by atoms with Crippen molar-refractivity contribution in [2.24, 2.45) is 0 Å². The van der Waals surface area contributed by atoms with E-state index in [0.717, 1.165) is 24.2 Å². The SMILES string of the molecule is C=C(C)C(NCCC)c1ccc(F)cn1. The van der Waals surface area contributed by atoms with Crippen LogP contribution in [0.3, 0.4) is 0 Å². The maximum absolute atomic E-state index is 12.7. The van der Waals surface area contributed by atoms with Crippen LogP contribution in [0.2, 0.25) is 0 Å². The molecule has 1 heterocycles. The zero-order valence-corrected chi connectivity index (χ0v) is 9.26. The molecule has 0 spiro atoms. The standard InChI is InChI=1S/C12H17FN2/c1-4-7-14-12(9(2)3)11-6-5-10(13)8-15-11/h5-6,8,12,14H,2,4,7H2,1,3H3. The molecule has 0 saturated heterocycles. The first-order chi connectivity index (χ1) is 7.15. The van der Waals surface area contributed by atoms with Crippen LogP contribution < -0.4 is 5.32 Å². The summed E-state index contributed by atoms with van der Waals surface area (Å²) in [6.07, 6.45) is 2.28. The highest BCUT2D eigenvalue weighted by atomic mass is 19.1. The Kier molecular flexibility index (Phi) is 4.43. The minimum atomic E-state index is -0.310. The van der Waals surface area contributed by atoms with Gasteiger partial charge in [-0.2, -0.15) is 0 Å². The Labute approximate surface area is 90.2 Å². The van der Waals surface area contributed by atoms with E-state index in [0.29, 0.717) is 0 Å². The van der Waals surface area contributed by atoms with Gasteiger partial charge in [0.15, 0.2) is 0 Å². The van der Waals surface area contributed by atoms with Crippen LogP contribution in [-0.2, 0) is 0 Å². The van der Waals surface area contributed by atoms with Gasteiger partial charge in [0, 0.05) is 0 Å². The van der Waals surface area contributed by atoms with Gasteiger partial charge in [0.1, 0.15) is 5.82 Å². The predicted molar refractivity (Wildman–Crippen MR) is 60.0 cm³/mol. The van der Waals surface area contributed by atoms with Crippen molar-refractivity contribution >= 4 is 0 Å². The van der Waals surface area contributed by atoms with Crippen molar-refractivity contribution in [1.29, 1.82) is 0 Å². The lowest BCUT2D eigenvalue weighted by atomic mass is 10.1. The molecule has 1 aromatic heterocycles. The highest BCUT2D eigenvalue weighted by Gasteiger charge is 2.12. The van der Waals surface area contributed by atoms with Gasteiger partial charge in [0.2, 0.25) is 0 Å². The van der Waals surface area contributed by atoms with E-state index in [-0.39, 0.29) is 11.9 Å². The topological polar surface area (TPSA) is 24.9 Å². The molecule has 82 valence electrons.